The number of hydrogen-bond donors (Lipinski definition) is 1. The zero-order valence-electron chi connectivity index (χ0n) is 14.8. The molecule has 0 saturated carbocycles. The molecular formula is C18H29N3O2S. The molecule has 1 aliphatic heterocycles. The van der Waals surface area contributed by atoms with E-state index in [0.29, 0.717) is 12.2 Å². The summed E-state index contributed by atoms with van der Waals surface area (Å²) in [7, 11) is -2.88. The van der Waals surface area contributed by atoms with E-state index in [1.165, 1.54) is 31.2 Å². The van der Waals surface area contributed by atoms with Crippen LogP contribution in [0.4, 0.5) is 0 Å². The molecule has 0 bridgehead atoms. The number of hydrogen-bond acceptors (Lipinski definition) is 4. The van der Waals surface area contributed by atoms with Crippen molar-refractivity contribution in [2.24, 2.45) is 0 Å². The van der Waals surface area contributed by atoms with Crippen LogP contribution in [0, 0.1) is 13.8 Å². The molecule has 0 radical (unpaired) electrons. The normalized spacial score (nSPS) is 23.4. The number of aromatic nitrogens is 2. The molecule has 1 saturated heterocycles. The molecule has 1 aromatic heterocycles. The highest BCUT2D eigenvalue weighted by Crippen LogP contribution is 2.26. The summed E-state index contributed by atoms with van der Waals surface area (Å²) in [5.41, 5.74) is 4.94. The molecule has 0 amide bonds. The number of sulfone groups is 1. The SMILES string of the molecule is Cc1nn([C@H]2CCS(=O)(=O)C2)c(C)c1CNCCC1=CCCCC1. The van der Waals surface area contributed by atoms with Gasteiger partial charge >= 0.3 is 0 Å². The van der Waals surface area contributed by atoms with Crippen LogP contribution >= 0.6 is 0 Å². The van der Waals surface area contributed by atoms with Crippen molar-refractivity contribution < 1.29 is 8.42 Å². The second-order valence-electron chi connectivity index (χ2n) is 7.19. The highest BCUT2D eigenvalue weighted by Gasteiger charge is 2.31. The smallest absolute Gasteiger partial charge is 0.152 e. The summed E-state index contributed by atoms with van der Waals surface area (Å²) in [5.74, 6) is 0.523. The lowest BCUT2D eigenvalue weighted by Gasteiger charge is -2.13. The number of aryl methyl sites for hydroxylation is 1. The molecular weight excluding hydrogens is 322 g/mol. The summed E-state index contributed by atoms with van der Waals surface area (Å²) in [4.78, 5) is 0. The zero-order chi connectivity index (χ0) is 17.2. The summed E-state index contributed by atoms with van der Waals surface area (Å²) in [6.07, 6.45) is 9.39. The average molecular weight is 352 g/mol. The Labute approximate surface area is 145 Å². The van der Waals surface area contributed by atoms with Crippen molar-refractivity contribution >= 4 is 9.84 Å². The third-order valence-corrected chi connectivity index (χ3v) is 7.09. The highest BCUT2D eigenvalue weighted by molar-refractivity contribution is 7.91. The van der Waals surface area contributed by atoms with Crippen LogP contribution in [0.15, 0.2) is 11.6 Å². The lowest BCUT2D eigenvalue weighted by Crippen LogP contribution is -2.17. The topological polar surface area (TPSA) is 64.0 Å². The molecule has 0 unspecified atom stereocenters. The van der Waals surface area contributed by atoms with Crippen molar-refractivity contribution in [1.82, 2.24) is 15.1 Å². The maximum atomic E-state index is 11.7. The molecule has 134 valence electrons. The van der Waals surface area contributed by atoms with Crippen LogP contribution in [0.1, 0.15) is 61.5 Å². The van der Waals surface area contributed by atoms with Crippen molar-refractivity contribution in [1.29, 1.82) is 0 Å². The third-order valence-electron chi connectivity index (χ3n) is 5.34. The Balaban J connectivity index is 1.57. The first-order chi connectivity index (χ1) is 11.5. The second-order valence-corrected chi connectivity index (χ2v) is 9.41. The average Bonchev–Trinajstić information content (AvgIpc) is 3.05. The fourth-order valence-corrected chi connectivity index (χ4v) is 5.56. The molecule has 2 heterocycles. The van der Waals surface area contributed by atoms with Crippen molar-refractivity contribution in [2.45, 2.75) is 65.0 Å². The van der Waals surface area contributed by atoms with E-state index in [1.54, 1.807) is 5.57 Å². The van der Waals surface area contributed by atoms with E-state index in [2.05, 4.69) is 23.4 Å². The van der Waals surface area contributed by atoms with Gasteiger partial charge in [0.15, 0.2) is 9.84 Å². The van der Waals surface area contributed by atoms with Gasteiger partial charge in [0, 0.05) is 17.8 Å². The van der Waals surface area contributed by atoms with E-state index in [4.69, 9.17) is 0 Å². The first kappa shape index (κ1) is 17.7. The van der Waals surface area contributed by atoms with Gasteiger partial charge in [0.1, 0.15) is 0 Å². The summed E-state index contributed by atoms with van der Waals surface area (Å²) in [5, 5.41) is 8.17. The molecule has 2 aliphatic rings. The lowest BCUT2D eigenvalue weighted by molar-refractivity contribution is 0.485. The Kier molecular flexibility index (Phi) is 5.45. The molecule has 1 N–H and O–H groups in total. The zero-order valence-corrected chi connectivity index (χ0v) is 15.7. The maximum Gasteiger partial charge on any atom is 0.152 e. The summed E-state index contributed by atoms with van der Waals surface area (Å²) >= 11 is 0. The van der Waals surface area contributed by atoms with Crippen molar-refractivity contribution in [3.05, 3.63) is 28.6 Å². The van der Waals surface area contributed by atoms with Gasteiger partial charge in [-0.2, -0.15) is 5.10 Å². The Hall–Kier alpha value is -1.14. The van der Waals surface area contributed by atoms with E-state index >= 15 is 0 Å². The first-order valence-corrected chi connectivity index (χ1v) is 10.9. The molecule has 1 aliphatic carbocycles. The van der Waals surface area contributed by atoms with Crippen molar-refractivity contribution in [2.75, 3.05) is 18.1 Å². The Morgan fingerprint density at radius 1 is 1.33 bits per heavy atom. The first-order valence-electron chi connectivity index (χ1n) is 9.10. The fraction of sp³-hybridized carbons (Fsp3) is 0.722. The Morgan fingerprint density at radius 2 is 2.17 bits per heavy atom. The van der Waals surface area contributed by atoms with Crippen LogP contribution < -0.4 is 5.32 Å². The maximum absolute atomic E-state index is 11.7. The largest absolute Gasteiger partial charge is 0.312 e. The molecule has 5 nitrogen and oxygen atoms in total. The van der Waals surface area contributed by atoms with Crippen LogP contribution in [-0.2, 0) is 16.4 Å². The van der Waals surface area contributed by atoms with E-state index in [0.717, 1.165) is 30.9 Å². The molecule has 0 aromatic carbocycles. The molecule has 1 aromatic rings. The van der Waals surface area contributed by atoms with E-state index < -0.39 is 9.84 Å². The lowest BCUT2D eigenvalue weighted by atomic mass is 9.97. The van der Waals surface area contributed by atoms with Crippen LogP contribution in [-0.4, -0.2) is 36.2 Å². The van der Waals surface area contributed by atoms with Gasteiger partial charge in [-0.3, -0.25) is 4.68 Å². The number of nitrogens with zero attached hydrogens (tertiary/aromatic N) is 2. The van der Waals surface area contributed by atoms with Gasteiger partial charge in [0.2, 0.25) is 0 Å². The fourth-order valence-electron chi connectivity index (χ4n) is 3.87. The quantitative estimate of drug-likeness (QED) is 0.632. The predicted octanol–water partition coefficient (Wildman–Crippen LogP) is 2.84. The van der Waals surface area contributed by atoms with Crippen LogP contribution in [0.3, 0.4) is 0 Å². The molecule has 0 spiro atoms. The second kappa shape index (κ2) is 7.40. The molecule has 3 rings (SSSR count). The van der Waals surface area contributed by atoms with E-state index in [9.17, 15) is 8.42 Å². The van der Waals surface area contributed by atoms with Crippen molar-refractivity contribution in [3.63, 3.8) is 0 Å². The highest BCUT2D eigenvalue weighted by atomic mass is 32.2. The molecule has 1 fully saturated rings. The summed E-state index contributed by atoms with van der Waals surface area (Å²) in [6.45, 7) is 5.89. The minimum Gasteiger partial charge on any atom is -0.312 e. The molecule has 24 heavy (non-hydrogen) atoms. The number of nitrogens with one attached hydrogen (secondary N) is 1. The van der Waals surface area contributed by atoms with E-state index in [-0.39, 0.29) is 11.8 Å². The molecule has 1 atom stereocenters. The van der Waals surface area contributed by atoms with Gasteiger partial charge < -0.3 is 5.32 Å². The monoisotopic (exact) mass is 351 g/mol. The summed E-state index contributed by atoms with van der Waals surface area (Å²) in [6, 6.07) is 0.00912. The minimum absolute atomic E-state index is 0.00912. The van der Waals surface area contributed by atoms with Crippen LogP contribution in [0.2, 0.25) is 0 Å². The number of allylic oxidation sites excluding steroid dienone is 1. The van der Waals surface area contributed by atoms with Gasteiger partial charge in [-0.05, 0) is 58.9 Å². The Morgan fingerprint density at radius 3 is 2.83 bits per heavy atom. The van der Waals surface area contributed by atoms with Crippen LogP contribution in [0.5, 0.6) is 0 Å². The number of rotatable bonds is 6. The molecule has 6 heteroatoms. The van der Waals surface area contributed by atoms with Gasteiger partial charge in [0.05, 0.1) is 23.2 Å². The van der Waals surface area contributed by atoms with E-state index in [1.807, 2.05) is 11.6 Å². The van der Waals surface area contributed by atoms with Crippen molar-refractivity contribution in [3.8, 4) is 0 Å². The van der Waals surface area contributed by atoms with Gasteiger partial charge in [0.25, 0.3) is 0 Å². The summed E-state index contributed by atoms with van der Waals surface area (Å²) < 4.78 is 25.4. The van der Waals surface area contributed by atoms with Gasteiger partial charge in [-0.1, -0.05) is 11.6 Å². The standard InChI is InChI=1S/C18H29N3O2S/c1-14-18(12-19-10-8-16-6-4-3-5-7-16)15(2)21(20-14)17-9-11-24(22,23)13-17/h6,17,19H,3-5,7-13H2,1-2H3/t17-/m0/s1. The predicted molar refractivity (Wildman–Crippen MR) is 96.9 cm³/mol. The Bertz CT molecular complexity index is 719. The minimum atomic E-state index is -2.88. The van der Waals surface area contributed by atoms with Crippen LogP contribution in [0.25, 0.3) is 0 Å². The van der Waals surface area contributed by atoms with Gasteiger partial charge in [-0.15, -0.1) is 0 Å². The third kappa shape index (κ3) is 4.09. The van der Waals surface area contributed by atoms with Gasteiger partial charge in [-0.25, -0.2) is 8.42 Å².